The first-order valence-electron chi connectivity index (χ1n) is 8.81. The number of nitrogens with one attached hydrogen (secondary N) is 1. The maximum atomic E-state index is 5.45. The van der Waals surface area contributed by atoms with Gasteiger partial charge in [-0.1, -0.05) is 42.4 Å². The molecule has 138 valence electrons. The van der Waals surface area contributed by atoms with E-state index in [0.29, 0.717) is 17.4 Å². The summed E-state index contributed by atoms with van der Waals surface area (Å²) in [5.41, 5.74) is 4.37. The lowest BCUT2D eigenvalue weighted by Crippen LogP contribution is -2.20. The Kier molecular flexibility index (Phi) is 4.50. The third-order valence-electron chi connectivity index (χ3n) is 4.75. The number of fused-ring (bicyclic) bond motifs is 1. The van der Waals surface area contributed by atoms with Gasteiger partial charge in [0.05, 0.1) is 14.2 Å². The van der Waals surface area contributed by atoms with Gasteiger partial charge in [-0.05, 0) is 51.7 Å². The summed E-state index contributed by atoms with van der Waals surface area (Å²) in [5.74, 6) is 1.96. The fourth-order valence-electron chi connectivity index (χ4n) is 3.22. The van der Waals surface area contributed by atoms with Crippen LogP contribution in [0.25, 0.3) is 5.70 Å². The highest BCUT2D eigenvalue weighted by Gasteiger charge is 2.25. The van der Waals surface area contributed by atoms with E-state index in [1.807, 2.05) is 18.2 Å². The van der Waals surface area contributed by atoms with Crippen LogP contribution in [0.1, 0.15) is 29.7 Å². The molecule has 7 heteroatoms. The van der Waals surface area contributed by atoms with Crippen LogP contribution in [-0.2, 0) is 6.42 Å². The van der Waals surface area contributed by atoms with Crippen molar-refractivity contribution in [1.82, 2.24) is 20.2 Å². The molecule has 7 nitrogen and oxygen atoms in total. The Morgan fingerprint density at radius 3 is 2.52 bits per heavy atom. The largest absolute Gasteiger partial charge is 0.493 e. The van der Waals surface area contributed by atoms with Crippen LogP contribution in [0, 0.1) is 0 Å². The summed E-state index contributed by atoms with van der Waals surface area (Å²) in [4.78, 5) is 0. The molecule has 0 unspecified atom stereocenters. The molecule has 1 aliphatic rings. The summed E-state index contributed by atoms with van der Waals surface area (Å²) in [6.07, 6.45) is 3.13. The van der Waals surface area contributed by atoms with E-state index in [0.717, 1.165) is 23.2 Å². The molecule has 0 aliphatic carbocycles. The van der Waals surface area contributed by atoms with Crippen LogP contribution in [0.3, 0.4) is 0 Å². The summed E-state index contributed by atoms with van der Waals surface area (Å²) in [5, 5.41) is 15.4. The van der Waals surface area contributed by atoms with E-state index in [4.69, 9.17) is 9.47 Å². The highest BCUT2D eigenvalue weighted by Crippen LogP contribution is 2.36. The molecule has 0 saturated heterocycles. The average Bonchev–Trinajstić information content (AvgIpc) is 3.21. The summed E-state index contributed by atoms with van der Waals surface area (Å²) in [6, 6.07) is 14.2. The van der Waals surface area contributed by atoms with Gasteiger partial charge < -0.3 is 14.8 Å². The first-order chi connectivity index (χ1) is 13.2. The summed E-state index contributed by atoms with van der Waals surface area (Å²) in [6.45, 7) is 2.15. The highest BCUT2D eigenvalue weighted by atomic mass is 16.5. The SMILES string of the molecule is CCc1ccc(C2=C[C@H](c3ccc(OC)c(OC)c3)n3nnnc3N2)cc1. The minimum absolute atomic E-state index is 0.156. The molecule has 0 radical (unpaired) electrons. The van der Waals surface area contributed by atoms with Crippen molar-refractivity contribution in [3.63, 3.8) is 0 Å². The quantitative estimate of drug-likeness (QED) is 0.750. The van der Waals surface area contributed by atoms with Gasteiger partial charge in [-0.3, -0.25) is 0 Å². The monoisotopic (exact) mass is 363 g/mol. The highest BCUT2D eigenvalue weighted by molar-refractivity contribution is 5.77. The second kappa shape index (κ2) is 7.11. The van der Waals surface area contributed by atoms with Crippen LogP contribution >= 0.6 is 0 Å². The van der Waals surface area contributed by atoms with E-state index < -0.39 is 0 Å². The molecule has 0 spiro atoms. The van der Waals surface area contributed by atoms with Crippen molar-refractivity contribution < 1.29 is 9.47 Å². The molecule has 1 aliphatic heterocycles. The van der Waals surface area contributed by atoms with Gasteiger partial charge in [-0.25, -0.2) is 0 Å². The number of allylic oxidation sites excluding steroid dienone is 1. The first-order valence-corrected chi connectivity index (χ1v) is 8.81. The van der Waals surface area contributed by atoms with E-state index in [9.17, 15) is 0 Å². The van der Waals surface area contributed by atoms with Crippen molar-refractivity contribution in [2.45, 2.75) is 19.4 Å². The number of tetrazole rings is 1. The zero-order valence-corrected chi connectivity index (χ0v) is 15.5. The van der Waals surface area contributed by atoms with Crippen molar-refractivity contribution in [1.29, 1.82) is 0 Å². The first kappa shape index (κ1) is 17.1. The van der Waals surface area contributed by atoms with Crippen LogP contribution in [0.2, 0.25) is 0 Å². The van der Waals surface area contributed by atoms with E-state index in [-0.39, 0.29) is 6.04 Å². The zero-order chi connectivity index (χ0) is 18.8. The second-order valence-electron chi connectivity index (χ2n) is 6.26. The lowest BCUT2D eigenvalue weighted by Gasteiger charge is -2.24. The van der Waals surface area contributed by atoms with Crippen molar-refractivity contribution >= 4 is 11.6 Å². The summed E-state index contributed by atoms with van der Waals surface area (Å²) >= 11 is 0. The number of aryl methyl sites for hydroxylation is 1. The molecule has 1 aromatic heterocycles. The Morgan fingerprint density at radius 2 is 1.81 bits per heavy atom. The normalized spacial score (nSPS) is 15.5. The summed E-state index contributed by atoms with van der Waals surface area (Å²) < 4.78 is 12.6. The standard InChI is InChI=1S/C20H21N5O2/c1-4-13-5-7-14(8-6-13)16-12-17(25-20(21-16)22-23-24-25)15-9-10-18(26-2)19(11-15)27-3/h5-12,17H,4H2,1-3H3,(H,21,22,24)/t17-/m1/s1. The van der Waals surface area contributed by atoms with Crippen molar-refractivity contribution in [3.05, 3.63) is 65.2 Å². The number of rotatable bonds is 5. The Hall–Kier alpha value is -3.35. The predicted octanol–water partition coefficient (Wildman–Crippen LogP) is 3.31. The Bertz CT molecular complexity index is 978. The van der Waals surface area contributed by atoms with Gasteiger partial charge in [0.25, 0.3) is 0 Å². The van der Waals surface area contributed by atoms with E-state index in [1.165, 1.54) is 5.56 Å². The van der Waals surface area contributed by atoms with Gasteiger partial charge in [0.15, 0.2) is 11.5 Å². The zero-order valence-electron chi connectivity index (χ0n) is 15.5. The van der Waals surface area contributed by atoms with Gasteiger partial charge in [0.2, 0.25) is 5.95 Å². The molecule has 0 bridgehead atoms. The Balaban J connectivity index is 1.77. The molecule has 1 N–H and O–H groups in total. The average molecular weight is 363 g/mol. The van der Waals surface area contributed by atoms with Gasteiger partial charge in [-0.2, -0.15) is 4.68 Å². The van der Waals surface area contributed by atoms with Crippen LogP contribution in [0.4, 0.5) is 5.95 Å². The Morgan fingerprint density at radius 1 is 1.04 bits per heavy atom. The summed E-state index contributed by atoms with van der Waals surface area (Å²) in [7, 11) is 3.25. The van der Waals surface area contributed by atoms with Crippen molar-refractivity contribution in [2.75, 3.05) is 19.5 Å². The molecule has 0 saturated carbocycles. The third kappa shape index (κ3) is 3.12. The molecule has 3 aromatic rings. The molecule has 4 rings (SSSR count). The third-order valence-corrected chi connectivity index (χ3v) is 4.75. The number of anilines is 1. The topological polar surface area (TPSA) is 74.1 Å². The fourth-order valence-corrected chi connectivity index (χ4v) is 3.22. The molecular weight excluding hydrogens is 342 g/mol. The van der Waals surface area contributed by atoms with Crippen LogP contribution in [0.15, 0.2) is 48.5 Å². The smallest absolute Gasteiger partial charge is 0.248 e. The maximum Gasteiger partial charge on any atom is 0.248 e. The number of hydrogen-bond acceptors (Lipinski definition) is 6. The predicted molar refractivity (Wildman–Crippen MR) is 103 cm³/mol. The molecule has 2 aromatic carbocycles. The van der Waals surface area contributed by atoms with E-state index >= 15 is 0 Å². The lowest BCUT2D eigenvalue weighted by molar-refractivity contribution is 0.354. The number of hydrogen-bond donors (Lipinski definition) is 1. The minimum Gasteiger partial charge on any atom is -0.493 e. The van der Waals surface area contributed by atoms with E-state index in [1.54, 1.807) is 18.9 Å². The van der Waals surface area contributed by atoms with Gasteiger partial charge in [0.1, 0.15) is 6.04 Å². The van der Waals surface area contributed by atoms with Gasteiger partial charge in [-0.15, -0.1) is 0 Å². The number of nitrogens with zero attached hydrogens (tertiary/aromatic N) is 4. The number of aromatic nitrogens is 4. The van der Waals surface area contributed by atoms with Gasteiger partial charge in [0, 0.05) is 5.70 Å². The molecule has 2 heterocycles. The van der Waals surface area contributed by atoms with E-state index in [2.05, 4.69) is 58.1 Å². The fraction of sp³-hybridized carbons (Fsp3) is 0.250. The van der Waals surface area contributed by atoms with Gasteiger partial charge >= 0.3 is 0 Å². The lowest BCUT2D eigenvalue weighted by atomic mass is 10.0. The maximum absolute atomic E-state index is 5.45. The minimum atomic E-state index is -0.156. The van der Waals surface area contributed by atoms with Crippen molar-refractivity contribution in [2.24, 2.45) is 0 Å². The second-order valence-corrected chi connectivity index (χ2v) is 6.26. The molecule has 1 atom stereocenters. The van der Waals surface area contributed by atoms with Crippen LogP contribution in [-0.4, -0.2) is 34.4 Å². The van der Waals surface area contributed by atoms with Crippen LogP contribution in [0.5, 0.6) is 11.5 Å². The van der Waals surface area contributed by atoms with Crippen molar-refractivity contribution in [3.8, 4) is 11.5 Å². The Labute approximate surface area is 157 Å². The number of methoxy groups -OCH3 is 2. The molecule has 27 heavy (non-hydrogen) atoms. The molecule has 0 fully saturated rings. The number of benzene rings is 2. The molecule has 0 amide bonds. The molecular formula is C20H21N5O2. The van der Waals surface area contributed by atoms with Crippen LogP contribution < -0.4 is 14.8 Å². The number of ether oxygens (including phenoxy) is 2.